The van der Waals surface area contributed by atoms with Crippen molar-refractivity contribution in [2.45, 2.75) is 19.0 Å². The minimum absolute atomic E-state index is 0.405. The fourth-order valence-corrected chi connectivity index (χ4v) is 4.43. The van der Waals surface area contributed by atoms with Gasteiger partial charge in [0, 0.05) is 20.3 Å². The van der Waals surface area contributed by atoms with Crippen molar-refractivity contribution >= 4 is 18.6 Å². The van der Waals surface area contributed by atoms with Crippen LogP contribution < -0.4 is 5.73 Å². The molecular weight excluding hydrogens is 190 g/mol. The van der Waals surface area contributed by atoms with Crippen LogP contribution in [0.4, 0.5) is 0 Å². The molecule has 0 aromatic rings. The highest BCUT2D eigenvalue weighted by atomic mass is 28.4. The quantitative estimate of drug-likeness (QED) is 0.608. The van der Waals surface area contributed by atoms with Gasteiger partial charge in [-0.15, -0.1) is 0 Å². The summed E-state index contributed by atoms with van der Waals surface area (Å²) < 4.78 is 16.0. The second kappa shape index (κ2) is 6.75. The van der Waals surface area contributed by atoms with E-state index in [0.717, 1.165) is 12.5 Å². The van der Waals surface area contributed by atoms with E-state index in [1.165, 1.54) is 0 Å². The molecule has 6 heteroatoms. The van der Waals surface area contributed by atoms with E-state index in [1.807, 2.05) is 6.55 Å². The molecule has 0 aliphatic heterocycles. The molecular formula is C6H17NO3Si2. The van der Waals surface area contributed by atoms with Crippen LogP contribution in [0, 0.1) is 0 Å². The molecule has 72 valence electrons. The van der Waals surface area contributed by atoms with E-state index < -0.39 is 8.80 Å². The zero-order valence-electron chi connectivity index (χ0n) is 7.92. The molecule has 0 aliphatic carbocycles. The molecule has 0 amide bonds. The van der Waals surface area contributed by atoms with Crippen molar-refractivity contribution < 1.29 is 13.0 Å². The van der Waals surface area contributed by atoms with Crippen LogP contribution in [0.25, 0.3) is 0 Å². The summed E-state index contributed by atoms with van der Waals surface area (Å²) in [6, 6.07) is 0.803. The van der Waals surface area contributed by atoms with Crippen molar-refractivity contribution in [3.63, 3.8) is 0 Å². The highest BCUT2D eigenvalue weighted by Gasteiger charge is 2.37. The fourth-order valence-electron chi connectivity index (χ4n) is 0.896. The van der Waals surface area contributed by atoms with Gasteiger partial charge in [-0.2, -0.15) is 0 Å². The smallest absolute Gasteiger partial charge is 0.415 e. The van der Waals surface area contributed by atoms with E-state index in [4.69, 9.17) is 18.7 Å². The highest BCUT2D eigenvalue weighted by molar-refractivity contribution is 6.65. The summed E-state index contributed by atoms with van der Waals surface area (Å²) in [4.78, 5) is 0. The molecule has 0 bridgehead atoms. The lowest BCUT2D eigenvalue weighted by molar-refractivity contribution is 0.163. The molecule has 0 unspecified atom stereocenters. The second-order valence-corrected chi connectivity index (χ2v) is 6.20. The standard InChI is InChI=1S/C6H17NO3Si2/c1-8-12(9-2,10-11-3)6-4-5-7/h4-7H2,1-3H3. The molecule has 12 heavy (non-hydrogen) atoms. The predicted octanol–water partition coefficient (Wildman–Crippen LogP) is 0.251. The van der Waals surface area contributed by atoms with E-state index in [1.54, 1.807) is 14.2 Å². The van der Waals surface area contributed by atoms with Gasteiger partial charge in [0.2, 0.25) is 9.76 Å². The Kier molecular flexibility index (Phi) is 6.91. The maximum absolute atomic E-state index is 5.50. The lowest BCUT2D eigenvalue weighted by atomic mass is 10.5. The van der Waals surface area contributed by atoms with Gasteiger partial charge in [0.15, 0.2) is 0 Å². The largest absolute Gasteiger partial charge is 0.489 e. The van der Waals surface area contributed by atoms with Gasteiger partial charge in [0.25, 0.3) is 0 Å². The predicted molar refractivity (Wildman–Crippen MR) is 51.0 cm³/mol. The SMILES string of the molecule is CO[Si](CCCN)(OC)O[Si]C. The van der Waals surface area contributed by atoms with Gasteiger partial charge in [-0.3, -0.25) is 0 Å². The molecule has 4 nitrogen and oxygen atoms in total. The average Bonchev–Trinajstić information content (AvgIpc) is 2.13. The summed E-state index contributed by atoms with van der Waals surface area (Å²) in [6.07, 6.45) is 0.887. The summed E-state index contributed by atoms with van der Waals surface area (Å²) in [6.45, 7) is 2.61. The monoisotopic (exact) mass is 207 g/mol. The second-order valence-electron chi connectivity index (χ2n) is 2.29. The Hall–Kier alpha value is 0.274. The van der Waals surface area contributed by atoms with E-state index in [0.29, 0.717) is 16.3 Å². The molecule has 2 radical (unpaired) electrons. The van der Waals surface area contributed by atoms with Gasteiger partial charge in [0.05, 0.1) is 0 Å². The van der Waals surface area contributed by atoms with Crippen molar-refractivity contribution in [2.75, 3.05) is 20.8 Å². The maximum atomic E-state index is 5.50. The molecule has 0 rings (SSSR count). The Morgan fingerprint density at radius 2 is 1.92 bits per heavy atom. The van der Waals surface area contributed by atoms with Crippen molar-refractivity contribution in [3.8, 4) is 0 Å². The summed E-state index contributed by atoms with van der Waals surface area (Å²) in [5.41, 5.74) is 5.40. The van der Waals surface area contributed by atoms with Gasteiger partial charge in [-0.25, -0.2) is 0 Å². The van der Waals surface area contributed by atoms with Gasteiger partial charge in [-0.05, 0) is 19.5 Å². The third kappa shape index (κ3) is 3.79. The maximum Gasteiger partial charge on any atom is 0.489 e. The van der Waals surface area contributed by atoms with Crippen LogP contribution in [0.2, 0.25) is 12.6 Å². The van der Waals surface area contributed by atoms with Gasteiger partial charge >= 0.3 is 8.80 Å². The van der Waals surface area contributed by atoms with Crippen LogP contribution in [0.3, 0.4) is 0 Å². The lowest BCUT2D eigenvalue weighted by Crippen LogP contribution is -2.44. The summed E-state index contributed by atoms with van der Waals surface area (Å²) in [5, 5.41) is 0. The van der Waals surface area contributed by atoms with Crippen molar-refractivity contribution in [2.24, 2.45) is 5.73 Å². The third-order valence-corrected chi connectivity index (χ3v) is 5.84. The minimum Gasteiger partial charge on any atom is -0.415 e. The summed E-state index contributed by atoms with van der Waals surface area (Å²) in [5.74, 6) is 0. The number of rotatable bonds is 7. The van der Waals surface area contributed by atoms with E-state index in [-0.39, 0.29) is 0 Å². The first-order chi connectivity index (χ1) is 5.74. The molecule has 0 atom stereocenters. The normalized spacial score (nSPS) is 12.0. The molecule has 0 aromatic heterocycles. The zero-order valence-corrected chi connectivity index (χ0v) is 9.92. The first kappa shape index (κ1) is 12.3. The number of hydrogen-bond donors (Lipinski definition) is 1. The van der Waals surface area contributed by atoms with Gasteiger partial charge < -0.3 is 18.7 Å². The van der Waals surface area contributed by atoms with Crippen LogP contribution in [0.15, 0.2) is 0 Å². The van der Waals surface area contributed by atoms with Crippen LogP contribution in [-0.2, 0) is 13.0 Å². The van der Waals surface area contributed by atoms with E-state index in [9.17, 15) is 0 Å². The highest BCUT2D eigenvalue weighted by Crippen LogP contribution is 2.14. The molecule has 2 N–H and O–H groups in total. The third-order valence-electron chi connectivity index (χ3n) is 1.57. The average molecular weight is 207 g/mol. The molecule has 0 aliphatic rings. The van der Waals surface area contributed by atoms with Crippen LogP contribution in [0.5, 0.6) is 0 Å². The zero-order chi connectivity index (χ0) is 9.45. The fraction of sp³-hybridized carbons (Fsp3) is 1.00. The molecule has 0 spiro atoms. The van der Waals surface area contributed by atoms with Crippen molar-refractivity contribution in [1.29, 1.82) is 0 Å². The number of hydrogen-bond acceptors (Lipinski definition) is 4. The Morgan fingerprint density at radius 3 is 2.25 bits per heavy atom. The lowest BCUT2D eigenvalue weighted by Gasteiger charge is -2.25. The van der Waals surface area contributed by atoms with Crippen LogP contribution in [-0.4, -0.2) is 39.3 Å². The van der Waals surface area contributed by atoms with Crippen LogP contribution in [0.1, 0.15) is 6.42 Å². The molecule has 0 heterocycles. The number of nitrogens with two attached hydrogens (primary N) is 1. The van der Waals surface area contributed by atoms with Crippen molar-refractivity contribution in [3.05, 3.63) is 0 Å². The Labute approximate surface area is 77.7 Å². The summed E-state index contributed by atoms with van der Waals surface area (Å²) in [7, 11) is 1.34. The minimum atomic E-state index is -2.33. The van der Waals surface area contributed by atoms with E-state index >= 15 is 0 Å². The topological polar surface area (TPSA) is 53.7 Å². The van der Waals surface area contributed by atoms with Crippen LogP contribution >= 0.6 is 0 Å². The Bertz CT molecular complexity index is 111. The van der Waals surface area contributed by atoms with Crippen molar-refractivity contribution in [1.82, 2.24) is 0 Å². The first-order valence-electron chi connectivity index (χ1n) is 3.89. The molecule has 0 fully saturated rings. The van der Waals surface area contributed by atoms with E-state index in [2.05, 4.69) is 0 Å². The van der Waals surface area contributed by atoms with Gasteiger partial charge in [0.1, 0.15) is 0 Å². The molecule has 0 aromatic carbocycles. The Balaban J connectivity index is 3.95. The molecule has 0 saturated carbocycles. The molecule has 0 saturated heterocycles. The summed E-state index contributed by atoms with van der Waals surface area (Å²) >= 11 is 0. The first-order valence-corrected chi connectivity index (χ1v) is 7.23. The van der Waals surface area contributed by atoms with Gasteiger partial charge in [-0.1, -0.05) is 0 Å². The Morgan fingerprint density at radius 1 is 1.33 bits per heavy atom.